The number of benzene rings is 1. The fourth-order valence-corrected chi connectivity index (χ4v) is 1.52. The third kappa shape index (κ3) is 2.53. The van der Waals surface area contributed by atoms with Gasteiger partial charge in [0.15, 0.2) is 11.6 Å². The average molecular weight is 251 g/mol. The highest BCUT2D eigenvalue weighted by Gasteiger charge is 2.14. The monoisotopic (exact) mass is 251 g/mol. The van der Waals surface area contributed by atoms with Crippen LogP contribution in [-0.4, -0.2) is 15.7 Å². The molecule has 0 aliphatic rings. The fourth-order valence-electron chi connectivity index (χ4n) is 1.52. The van der Waals surface area contributed by atoms with Gasteiger partial charge in [-0.25, -0.2) is 8.78 Å². The first-order valence-electron chi connectivity index (χ1n) is 5.27. The van der Waals surface area contributed by atoms with Gasteiger partial charge in [0.1, 0.15) is 0 Å². The lowest BCUT2D eigenvalue weighted by Crippen LogP contribution is -2.24. The molecule has 4 nitrogen and oxygen atoms in total. The lowest BCUT2D eigenvalue weighted by atomic mass is 10.2. The Hall–Kier alpha value is -2.24. The smallest absolute Gasteiger partial charge is 0.254 e. The van der Waals surface area contributed by atoms with E-state index in [2.05, 4.69) is 10.4 Å². The number of nitrogens with one attached hydrogen (secondary N) is 1. The van der Waals surface area contributed by atoms with E-state index >= 15 is 0 Å². The second kappa shape index (κ2) is 4.95. The zero-order valence-electron chi connectivity index (χ0n) is 9.65. The lowest BCUT2D eigenvalue weighted by Gasteiger charge is -2.05. The van der Waals surface area contributed by atoms with Gasteiger partial charge in [-0.15, -0.1) is 0 Å². The van der Waals surface area contributed by atoms with Crippen molar-refractivity contribution in [2.24, 2.45) is 7.05 Å². The van der Waals surface area contributed by atoms with E-state index in [1.165, 1.54) is 12.1 Å². The van der Waals surface area contributed by atoms with Crippen molar-refractivity contribution in [2.45, 2.75) is 6.54 Å². The molecule has 0 saturated heterocycles. The number of amides is 1. The summed E-state index contributed by atoms with van der Waals surface area (Å²) in [4.78, 5) is 11.7. The summed E-state index contributed by atoms with van der Waals surface area (Å²) in [5.74, 6) is -2.83. The molecule has 0 spiro atoms. The first kappa shape index (κ1) is 12.2. The quantitative estimate of drug-likeness (QED) is 0.901. The molecule has 0 saturated carbocycles. The van der Waals surface area contributed by atoms with Gasteiger partial charge in [0.05, 0.1) is 11.8 Å². The predicted octanol–water partition coefficient (Wildman–Crippen LogP) is 1.63. The van der Waals surface area contributed by atoms with Crippen molar-refractivity contribution in [1.82, 2.24) is 15.1 Å². The molecule has 1 amide bonds. The van der Waals surface area contributed by atoms with Crippen LogP contribution >= 0.6 is 0 Å². The summed E-state index contributed by atoms with van der Waals surface area (Å²) in [6.07, 6.45) is 3.31. The summed E-state index contributed by atoms with van der Waals surface area (Å²) in [7, 11) is 1.75. The molecule has 6 heteroatoms. The standard InChI is InChI=1S/C12H11F2N3O/c1-17-7-8(6-16-17)5-15-12(18)9-3-2-4-10(13)11(9)14/h2-4,6-7H,5H2,1H3,(H,15,18). The summed E-state index contributed by atoms with van der Waals surface area (Å²) >= 11 is 0. The molecule has 18 heavy (non-hydrogen) atoms. The van der Waals surface area contributed by atoms with E-state index in [1.54, 1.807) is 24.1 Å². The van der Waals surface area contributed by atoms with Crippen LogP contribution in [0, 0.1) is 11.6 Å². The number of carbonyl (C=O) groups is 1. The zero-order chi connectivity index (χ0) is 13.1. The molecule has 0 atom stereocenters. The van der Waals surface area contributed by atoms with Crippen LogP contribution in [0.2, 0.25) is 0 Å². The van der Waals surface area contributed by atoms with Crippen molar-refractivity contribution >= 4 is 5.91 Å². The molecule has 2 aromatic rings. The highest BCUT2D eigenvalue weighted by Crippen LogP contribution is 2.11. The van der Waals surface area contributed by atoms with E-state index in [9.17, 15) is 13.6 Å². The van der Waals surface area contributed by atoms with Crippen LogP contribution in [0.25, 0.3) is 0 Å². The number of carbonyl (C=O) groups excluding carboxylic acids is 1. The van der Waals surface area contributed by atoms with Crippen LogP contribution in [0.1, 0.15) is 15.9 Å². The predicted molar refractivity (Wildman–Crippen MR) is 60.7 cm³/mol. The molecule has 2 rings (SSSR count). The molecule has 0 radical (unpaired) electrons. The second-order valence-electron chi connectivity index (χ2n) is 3.81. The number of hydrogen-bond donors (Lipinski definition) is 1. The number of halogens is 2. The normalized spacial score (nSPS) is 10.4. The van der Waals surface area contributed by atoms with Crippen molar-refractivity contribution in [2.75, 3.05) is 0 Å². The van der Waals surface area contributed by atoms with Gasteiger partial charge in [-0.3, -0.25) is 9.48 Å². The van der Waals surface area contributed by atoms with Gasteiger partial charge in [0.25, 0.3) is 5.91 Å². The first-order chi connectivity index (χ1) is 8.58. The summed E-state index contributed by atoms with van der Waals surface area (Å²) in [5.41, 5.74) is 0.474. The molecule has 1 heterocycles. The van der Waals surface area contributed by atoms with E-state index in [0.717, 1.165) is 11.6 Å². The Balaban J connectivity index is 2.06. The molecule has 0 fully saturated rings. The molecule has 0 aliphatic heterocycles. The van der Waals surface area contributed by atoms with Crippen molar-refractivity contribution in [3.8, 4) is 0 Å². The molecule has 1 N–H and O–H groups in total. The molecule has 1 aromatic heterocycles. The average Bonchev–Trinajstić information content (AvgIpc) is 2.76. The molecule has 0 unspecified atom stereocenters. The van der Waals surface area contributed by atoms with Gasteiger partial charge in [-0.05, 0) is 12.1 Å². The number of nitrogens with zero attached hydrogens (tertiary/aromatic N) is 2. The molecular weight excluding hydrogens is 240 g/mol. The molecular formula is C12H11F2N3O. The summed E-state index contributed by atoms with van der Waals surface area (Å²) in [5, 5.41) is 6.43. The van der Waals surface area contributed by atoms with Crippen LogP contribution in [0.4, 0.5) is 8.78 Å². The maximum absolute atomic E-state index is 13.3. The van der Waals surface area contributed by atoms with Gasteiger partial charge in [0, 0.05) is 25.4 Å². The SMILES string of the molecule is Cn1cc(CNC(=O)c2cccc(F)c2F)cn1. The van der Waals surface area contributed by atoms with Crippen molar-refractivity contribution in [1.29, 1.82) is 0 Å². The Kier molecular flexibility index (Phi) is 3.36. The summed E-state index contributed by atoms with van der Waals surface area (Å²) in [6.45, 7) is 0.211. The molecule has 0 bridgehead atoms. The maximum Gasteiger partial charge on any atom is 0.254 e. The topological polar surface area (TPSA) is 46.9 Å². The Morgan fingerprint density at radius 2 is 2.22 bits per heavy atom. The minimum absolute atomic E-state index is 0.211. The first-order valence-corrected chi connectivity index (χ1v) is 5.27. The number of aromatic nitrogens is 2. The highest BCUT2D eigenvalue weighted by molar-refractivity contribution is 5.94. The maximum atomic E-state index is 13.3. The molecule has 94 valence electrons. The van der Waals surface area contributed by atoms with Crippen LogP contribution in [-0.2, 0) is 13.6 Å². The Bertz CT molecular complexity index is 580. The van der Waals surface area contributed by atoms with Gasteiger partial charge in [-0.2, -0.15) is 5.10 Å². The Morgan fingerprint density at radius 1 is 1.44 bits per heavy atom. The van der Waals surface area contributed by atoms with E-state index in [1.807, 2.05) is 0 Å². The van der Waals surface area contributed by atoms with Crippen molar-refractivity contribution in [3.63, 3.8) is 0 Å². The molecule has 1 aromatic carbocycles. The van der Waals surface area contributed by atoms with Crippen molar-refractivity contribution < 1.29 is 13.6 Å². The summed E-state index contributed by atoms with van der Waals surface area (Å²) in [6, 6.07) is 3.49. The van der Waals surface area contributed by atoms with Gasteiger partial charge < -0.3 is 5.32 Å². The number of rotatable bonds is 3. The third-order valence-electron chi connectivity index (χ3n) is 2.41. The third-order valence-corrected chi connectivity index (χ3v) is 2.41. The summed E-state index contributed by atoms with van der Waals surface area (Å²) < 4.78 is 27.9. The highest BCUT2D eigenvalue weighted by atomic mass is 19.2. The van der Waals surface area contributed by atoms with Crippen LogP contribution in [0.3, 0.4) is 0 Å². The minimum atomic E-state index is -1.14. The van der Waals surface area contributed by atoms with E-state index in [-0.39, 0.29) is 12.1 Å². The van der Waals surface area contributed by atoms with Gasteiger partial charge in [-0.1, -0.05) is 6.07 Å². The fraction of sp³-hybridized carbons (Fsp3) is 0.167. The van der Waals surface area contributed by atoms with E-state index < -0.39 is 17.5 Å². The Morgan fingerprint density at radius 3 is 2.89 bits per heavy atom. The van der Waals surface area contributed by atoms with Crippen molar-refractivity contribution in [3.05, 3.63) is 53.4 Å². The van der Waals surface area contributed by atoms with Gasteiger partial charge in [0.2, 0.25) is 0 Å². The van der Waals surface area contributed by atoms with E-state index in [4.69, 9.17) is 0 Å². The van der Waals surface area contributed by atoms with Gasteiger partial charge >= 0.3 is 0 Å². The van der Waals surface area contributed by atoms with Crippen LogP contribution in [0.5, 0.6) is 0 Å². The minimum Gasteiger partial charge on any atom is -0.348 e. The van der Waals surface area contributed by atoms with Crippen LogP contribution in [0.15, 0.2) is 30.6 Å². The zero-order valence-corrected chi connectivity index (χ0v) is 9.65. The largest absolute Gasteiger partial charge is 0.348 e. The number of aryl methyl sites for hydroxylation is 1. The Labute approximate surface area is 102 Å². The second-order valence-corrected chi connectivity index (χ2v) is 3.81. The van der Waals surface area contributed by atoms with E-state index in [0.29, 0.717) is 0 Å². The number of hydrogen-bond acceptors (Lipinski definition) is 2. The lowest BCUT2D eigenvalue weighted by molar-refractivity contribution is 0.0946. The van der Waals surface area contributed by atoms with Crippen LogP contribution < -0.4 is 5.32 Å². The molecule has 0 aliphatic carbocycles.